The molecule has 3 N–H and O–H groups in total. The van der Waals surface area contributed by atoms with E-state index in [1.165, 1.54) is 0 Å². The number of rotatable bonds is 10. The Balaban J connectivity index is 2.99. The summed E-state index contributed by atoms with van der Waals surface area (Å²) < 4.78 is 10.4. The molecule has 2 atom stereocenters. The van der Waals surface area contributed by atoms with Crippen LogP contribution in [-0.4, -0.2) is 41.3 Å². The smallest absolute Gasteiger partial charge is 0.408 e. The fourth-order valence-corrected chi connectivity index (χ4v) is 2.71. The maximum absolute atomic E-state index is 13.2. The number of aldehydes is 1. The second kappa shape index (κ2) is 10.9. The second-order valence-electron chi connectivity index (χ2n) is 8.60. The molecule has 0 spiro atoms. The Hall–Kier alpha value is -2.74. The van der Waals surface area contributed by atoms with Crippen LogP contribution in [0.2, 0.25) is 0 Å². The molecule has 0 aliphatic heterocycles. The van der Waals surface area contributed by atoms with Gasteiger partial charge in [0.05, 0.1) is 6.04 Å². The van der Waals surface area contributed by atoms with Gasteiger partial charge in [-0.2, -0.15) is 0 Å². The van der Waals surface area contributed by atoms with Crippen molar-refractivity contribution in [3.8, 4) is 0 Å². The van der Waals surface area contributed by atoms with Crippen LogP contribution >= 0.6 is 0 Å². The Morgan fingerprint density at radius 2 is 1.73 bits per heavy atom. The minimum Gasteiger partial charge on any atom is -0.458 e. The standard InChI is InChI=1S/C22H32N2O6/c1-15(2)13-17(24-20(28)29-14-16-9-7-6-8-10-16)18(26)22(23,11-12-25)19(27)30-21(3,4)5/h6-10,12,15,17H,11,13-14,23H2,1-5H3,(H,24,28). The van der Waals surface area contributed by atoms with Gasteiger partial charge in [-0.15, -0.1) is 0 Å². The first-order valence-corrected chi connectivity index (χ1v) is 9.86. The van der Waals surface area contributed by atoms with Crippen LogP contribution in [0.4, 0.5) is 4.79 Å². The molecule has 2 unspecified atom stereocenters. The molecule has 1 aromatic rings. The Labute approximate surface area is 177 Å². The van der Waals surface area contributed by atoms with Crippen molar-refractivity contribution in [1.82, 2.24) is 5.32 Å². The summed E-state index contributed by atoms with van der Waals surface area (Å²) in [5.41, 5.74) is 3.74. The van der Waals surface area contributed by atoms with Gasteiger partial charge >= 0.3 is 12.1 Å². The van der Waals surface area contributed by atoms with Gasteiger partial charge in [0.1, 0.15) is 18.5 Å². The lowest BCUT2D eigenvalue weighted by Crippen LogP contribution is -2.63. The molecule has 166 valence electrons. The molecule has 1 amide bonds. The number of ketones is 1. The number of alkyl carbamates (subject to hydrolysis) is 1. The van der Waals surface area contributed by atoms with Crippen LogP contribution in [0.1, 0.15) is 53.0 Å². The monoisotopic (exact) mass is 420 g/mol. The summed E-state index contributed by atoms with van der Waals surface area (Å²) in [4.78, 5) is 49.3. The van der Waals surface area contributed by atoms with Crippen LogP contribution in [0.5, 0.6) is 0 Å². The third-order valence-electron chi connectivity index (χ3n) is 4.14. The summed E-state index contributed by atoms with van der Waals surface area (Å²) in [6.07, 6.45) is -0.784. The number of esters is 1. The lowest BCUT2D eigenvalue weighted by Gasteiger charge is -2.32. The minimum absolute atomic E-state index is 0.00695. The van der Waals surface area contributed by atoms with Gasteiger partial charge in [-0.1, -0.05) is 44.2 Å². The summed E-state index contributed by atoms with van der Waals surface area (Å²) in [5, 5.41) is 2.49. The lowest BCUT2D eigenvalue weighted by molar-refractivity contribution is -0.165. The van der Waals surface area contributed by atoms with Crippen LogP contribution < -0.4 is 11.1 Å². The van der Waals surface area contributed by atoms with E-state index in [0.717, 1.165) is 5.56 Å². The molecule has 0 saturated heterocycles. The van der Waals surface area contributed by atoms with Crippen molar-refractivity contribution in [3.05, 3.63) is 35.9 Å². The zero-order chi connectivity index (χ0) is 22.9. The van der Waals surface area contributed by atoms with Gasteiger partial charge in [0.2, 0.25) is 0 Å². The molecule has 8 nitrogen and oxygen atoms in total. The van der Waals surface area contributed by atoms with E-state index >= 15 is 0 Å². The Morgan fingerprint density at radius 1 is 1.13 bits per heavy atom. The molecule has 0 aliphatic rings. The Bertz CT molecular complexity index is 742. The van der Waals surface area contributed by atoms with E-state index in [1.54, 1.807) is 32.9 Å². The largest absolute Gasteiger partial charge is 0.458 e. The molecule has 0 fully saturated rings. The van der Waals surface area contributed by atoms with Crippen LogP contribution in [0.15, 0.2) is 30.3 Å². The van der Waals surface area contributed by atoms with Crippen molar-refractivity contribution in [3.63, 3.8) is 0 Å². The van der Waals surface area contributed by atoms with Gasteiger partial charge in [-0.25, -0.2) is 9.59 Å². The molecule has 8 heteroatoms. The highest BCUT2D eigenvalue weighted by Crippen LogP contribution is 2.20. The minimum atomic E-state index is -2.21. The number of nitrogens with one attached hydrogen (secondary N) is 1. The normalized spacial score (nSPS) is 14.4. The van der Waals surface area contributed by atoms with Crippen molar-refractivity contribution in [1.29, 1.82) is 0 Å². The van der Waals surface area contributed by atoms with Gasteiger partial charge in [0.15, 0.2) is 11.3 Å². The number of benzene rings is 1. The predicted octanol–water partition coefficient (Wildman–Crippen LogP) is 2.52. The fraction of sp³-hybridized carbons (Fsp3) is 0.545. The van der Waals surface area contributed by atoms with Crippen LogP contribution in [0.25, 0.3) is 0 Å². The van der Waals surface area contributed by atoms with Crippen molar-refractivity contribution in [2.75, 3.05) is 0 Å². The quantitative estimate of drug-likeness (QED) is 0.338. The number of hydrogen-bond donors (Lipinski definition) is 2. The molecule has 0 aliphatic carbocycles. The molecule has 1 rings (SSSR count). The Morgan fingerprint density at radius 3 is 2.23 bits per heavy atom. The first-order valence-electron chi connectivity index (χ1n) is 9.86. The van der Waals surface area contributed by atoms with Crippen LogP contribution in [0, 0.1) is 5.92 Å². The summed E-state index contributed by atoms with van der Waals surface area (Å²) in [6, 6.07) is 7.93. The number of carbonyl (C=O) groups is 4. The molecular weight excluding hydrogens is 388 g/mol. The fourth-order valence-electron chi connectivity index (χ4n) is 2.71. The summed E-state index contributed by atoms with van der Waals surface area (Å²) >= 11 is 0. The zero-order valence-electron chi connectivity index (χ0n) is 18.3. The van der Waals surface area contributed by atoms with Gasteiger partial charge in [-0.05, 0) is 38.7 Å². The van der Waals surface area contributed by atoms with E-state index in [9.17, 15) is 19.2 Å². The summed E-state index contributed by atoms with van der Waals surface area (Å²) in [6.45, 7) is 8.60. The van der Waals surface area contributed by atoms with Crippen LogP contribution in [0.3, 0.4) is 0 Å². The number of amides is 1. The van der Waals surface area contributed by atoms with Crippen molar-refractivity contribution >= 4 is 24.1 Å². The number of ether oxygens (including phenoxy) is 2. The molecule has 0 bridgehead atoms. The van der Waals surface area contributed by atoms with E-state index in [0.29, 0.717) is 6.29 Å². The van der Waals surface area contributed by atoms with Gasteiger partial charge in [0, 0.05) is 6.42 Å². The van der Waals surface area contributed by atoms with E-state index < -0.39 is 41.4 Å². The van der Waals surface area contributed by atoms with E-state index in [-0.39, 0.29) is 18.9 Å². The van der Waals surface area contributed by atoms with Crippen molar-refractivity contribution < 1.29 is 28.7 Å². The van der Waals surface area contributed by atoms with Gasteiger partial charge in [-0.3, -0.25) is 4.79 Å². The van der Waals surface area contributed by atoms with Gasteiger partial charge < -0.3 is 25.3 Å². The van der Waals surface area contributed by atoms with Gasteiger partial charge in [0.25, 0.3) is 0 Å². The number of nitrogens with two attached hydrogens (primary N) is 1. The molecular formula is C22H32N2O6. The second-order valence-corrected chi connectivity index (χ2v) is 8.60. The highest BCUT2D eigenvalue weighted by molar-refractivity contribution is 6.12. The average molecular weight is 421 g/mol. The zero-order valence-corrected chi connectivity index (χ0v) is 18.3. The molecule has 1 aromatic carbocycles. The third kappa shape index (κ3) is 7.94. The summed E-state index contributed by atoms with van der Waals surface area (Å²) in [7, 11) is 0. The first kappa shape index (κ1) is 25.3. The lowest BCUT2D eigenvalue weighted by atomic mass is 9.84. The van der Waals surface area contributed by atoms with E-state index in [2.05, 4.69) is 5.32 Å². The predicted molar refractivity (Wildman–Crippen MR) is 111 cm³/mol. The molecule has 0 saturated carbocycles. The van der Waals surface area contributed by atoms with E-state index in [4.69, 9.17) is 15.2 Å². The highest BCUT2D eigenvalue weighted by atomic mass is 16.6. The Kier molecular flexibility index (Phi) is 9.17. The molecule has 0 heterocycles. The topological polar surface area (TPSA) is 125 Å². The first-order chi connectivity index (χ1) is 13.9. The average Bonchev–Trinajstić information content (AvgIpc) is 2.64. The molecule has 30 heavy (non-hydrogen) atoms. The molecule has 0 aromatic heterocycles. The third-order valence-corrected chi connectivity index (χ3v) is 4.14. The van der Waals surface area contributed by atoms with Crippen molar-refractivity contribution in [2.45, 2.75) is 71.2 Å². The number of Topliss-reactive ketones (excluding diaryl/α,β-unsaturated/α-hetero) is 1. The maximum Gasteiger partial charge on any atom is 0.408 e. The number of hydrogen-bond acceptors (Lipinski definition) is 7. The van der Waals surface area contributed by atoms with E-state index in [1.807, 2.05) is 32.0 Å². The van der Waals surface area contributed by atoms with Crippen LogP contribution in [-0.2, 0) is 30.5 Å². The SMILES string of the molecule is CC(C)CC(NC(=O)OCc1ccccc1)C(=O)C(N)(CC=O)C(=O)OC(C)(C)C. The highest BCUT2D eigenvalue weighted by Gasteiger charge is 2.48. The molecule has 0 radical (unpaired) electrons. The maximum atomic E-state index is 13.2. The summed E-state index contributed by atoms with van der Waals surface area (Å²) in [5.74, 6) is -1.82. The van der Waals surface area contributed by atoms with Crippen molar-refractivity contribution in [2.24, 2.45) is 11.7 Å². The number of carbonyl (C=O) groups excluding carboxylic acids is 4.